The van der Waals surface area contributed by atoms with Crippen molar-refractivity contribution in [1.29, 1.82) is 0 Å². The summed E-state index contributed by atoms with van der Waals surface area (Å²) < 4.78 is 6.68. The summed E-state index contributed by atoms with van der Waals surface area (Å²) >= 11 is 1.47. The van der Waals surface area contributed by atoms with Gasteiger partial charge in [0.15, 0.2) is 5.13 Å². The van der Waals surface area contributed by atoms with Crippen LogP contribution >= 0.6 is 11.3 Å². The van der Waals surface area contributed by atoms with Crippen LogP contribution in [-0.4, -0.2) is 21.1 Å². The average Bonchev–Trinajstić information content (AvgIpc) is 3.28. The maximum atomic E-state index is 12.2. The van der Waals surface area contributed by atoms with Gasteiger partial charge < -0.3 is 9.73 Å². The Balaban J connectivity index is 1.38. The van der Waals surface area contributed by atoms with E-state index in [0.717, 1.165) is 21.3 Å². The molecule has 0 bridgehead atoms. The number of rotatable bonds is 5. The smallest absolute Gasteiger partial charge is 0.247 e. The molecule has 0 radical (unpaired) electrons. The quantitative estimate of drug-likeness (QED) is 0.573. The highest BCUT2D eigenvalue weighted by Crippen LogP contribution is 2.28. The van der Waals surface area contributed by atoms with E-state index in [0.29, 0.717) is 23.3 Å². The number of amides is 1. The van der Waals surface area contributed by atoms with Crippen molar-refractivity contribution >= 4 is 32.6 Å². The van der Waals surface area contributed by atoms with Crippen molar-refractivity contribution in [3.05, 3.63) is 60.0 Å². The van der Waals surface area contributed by atoms with Crippen molar-refractivity contribution in [2.24, 2.45) is 0 Å². The molecule has 0 aliphatic carbocycles. The van der Waals surface area contributed by atoms with E-state index in [9.17, 15) is 4.79 Å². The molecule has 2 heterocycles. The molecular weight excluding hydrogens is 348 g/mol. The summed E-state index contributed by atoms with van der Waals surface area (Å²) in [4.78, 5) is 16.7. The van der Waals surface area contributed by atoms with E-state index in [2.05, 4.69) is 20.5 Å². The van der Waals surface area contributed by atoms with Gasteiger partial charge in [-0.15, -0.1) is 10.2 Å². The van der Waals surface area contributed by atoms with Gasteiger partial charge >= 0.3 is 0 Å². The molecule has 0 saturated heterocycles. The number of aryl methyl sites for hydroxylation is 2. The molecule has 1 amide bonds. The lowest BCUT2D eigenvalue weighted by Gasteiger charge is -1.99. The van der Waals surface area contributed by atoms with Crippen LogP contribution in [0.25, 0.3) is 21.7 Å². The fourth-order valence-electron chi connectivity index (χ4n) is 2.59. The Morgan fingerprint density at radius 1 is 1.12 bits per heavy atom. The first-order valence-corrected chi connectivity index (χ1v) is 9.04. The van der Waals surface area contributed by atoms with Gasteiger partial charge in [0.2, 0.25) is 17.7 Å². The zero-order chi connectivity index (χ0) is 17.9. The Hall–Kier alpha value is -3.06. The Bertz CT molecular complexity index is 1060. The first-order chi connectivity index (χ1) is 12.7. The Morgan fingerprint density at radius 3 is 2.77 bits per heavy atom. The monoisotopic (exact) mass is 364 g/mol. The van der Waals surface area contributed by atoms with Gasteiger partial charge in [0.05, 0.1) is 10.2 Å². The summed E-state index contributed by atoms with van der Waals surface area (Å²) in [6.45, 7) is 2.01. The third-order valence-corrected chi connectivity index (χ3v) is 4.86. The molecule has 4 rings (SSSR count). The number of carbonyl (C=O) groups is 1. The Morgan fingerprint density at radius 2 is 1.96 bits per heavy atom. The van der Waals surface area contributed by atoms with Crippen LogP contribution < -0.4 is 5.32 Å². The maximum absolute atomic E-state index is 12.2. The number of hydrogen-bond donors (Lipinski definition) is 1. The standard InChI is InChI=1S/C19H16N4O2S/c1-12-6-5-9-14-17(12)21-19(26-14)20-15(24)10-11-16-22-23-18(25-16)13-7-3-2-4-8-13/h2-9H,10-11H2,1H3,(H,20,21,24). The number of anilines is 1. The number of fused-ring (bicyclic) bond motifs is 1. The second-order valence-electron chi connectivity index (χ2n) is 5.86. The number of nitrogens with one attached hydrogen (secondary N) is 1. The molecule has 0 atom stereocenters. The molecule has 4 aromatic rings. The zero-order valence-electron chi connectivity index (χ0n) is 14.1. The van der Waals surface area contributed by atoms with Crippen molar-refractivity contribution in [1.82, 2.24) is 15.2 Å². The van der Waals surface area contributed by atoms with Crippen molar-refractivity contribution < 1.29 is 9.21 Å². The molecule has 0 unspecified atom stereocenters. The van der Waals surface area contributed by atoms with Crippen LogP contribution in [0, 0.1) is 6.92 Å². The lowest BCUT2D eigenvalue weighted by molar-refractivity contribution is -0.116. The molecular formula is C19H16N4O2S. The number of aromatic nitrogens is 3. The minimum absolute atomic E-state index is 0.124. The van der Waals surface area contributed by atoms with E-state index in [1.807, 2.05) is 55.5 Å². The molecule has 0 aliphatic rings. The normalized spacial score (nSPS) is 11.0. The molecule has 0 fully saturated rings. The lowest BCUT2D eigenvalue weighted by Crippen LogP contribution is -2.12. The predicted molar refractivity (Wildman–Crippen MR) is 101 cm³/mol. The summed E-state index contributed by atoms with van der Waals surface area (Å²) in [7, 11) is 0. The van der Waals surface area contributed by atoms with E-state index in [-0.39, 0.29) is 12.3 Å². The van der Waals surface area contributed by atoms with Crippen molar-refractivity contribution in [3.8, 4) is 11.5 Å². The lowest BCUT2D eigenvalue weighted by atomic mass is 10.2. The fourth-order valence-corrected chi connectivity index (χ4v) is 3.55. The van der Waals surface area contributed by atoms with Crippen LogP contribution in [0.5, 0.6) is 0 Å². The van der Waals surface area contributed by atoms with Gasteiger partial charge in [-0.05, 0) is 30.7 Å². The molecule has 26 heavy (non-hydrogen) atoms. The maximum Gasteiger partial charge on any atom is 0.247 e. The first kappa shape index (κ1) is 16.4. The van der Waals surface area contributed by atoms with Gasteiger partial charge in [0, 0.05) is 18.4 Å². The summed E-state index contributed by atoms with van der Waals surface area (Å²) in [5.41, 5.74) is 2.89. The number of nitrogens with zero attached hydrogens (tertiary/aromatic N) is 3. The molecule has 130 valence electrons. The van der Waals surface area contributed by atoms with E-state index in [4.69, 9.17) is 4.42 Å². The number of para-hydroxylation sites is 1. The molecule has 2 aromatic heterocycles. The van der Waals surface area contributed by atoms with E-state index >= 15 is 0 Å². The summed E-state index contributed by atoms with van der Waals surface area (Å²) in [6, 6.07) is 15.5. The second-order valence-corrected chi connectivity index (χ2v) is 6.89. The molecule has 0 aliphatic heterocycles. The molecule has 6 nitrogen and oxygen atoms in total. The highest BCUT2D eigenvalue weighted by Gasteiger charge is 2.12. The van der Waals surface area contributed by atoms with Crippen LogP contribution in [0.2, 0.25) is 0 Å². The van der Waals surface area contributed by atoms with Crippen LogP contribution in [-0.2, 0) is 11.2 Å². The highest BCUT2D eigenvalue weighted by molar-refractivity contribution is 7.22. The fraction of sp³-hybridized carbons (Fsp3) is 0.158. The SMILES string of the molecule is Cc1cccc2sc(NC(=O)CCc3nnc(-c4ccccc4)o3)nc12. The van der Waals surface area contributed by atoms with E-state index in [1.165, 1.54) is 11.3 Å². The van der Waals surface area contributed by atoms with Crippen LogP contribution in [0.15, 0.2) is 52.9 Å². The number of hydrogen-bond acceptors (Lipinski definition) is 6. The first-order valence-electron chi connectivity index (χ1n) is 8.23. The third kappa shape index (κ3) is 3.48. The van der Waals surface area contributed by atoms with Crippen molar-refractivity contribution in [2.45, 2.75) is 19.8 Å². The zero-order valence-corrected chi connectivity index (χ0v) is 14.9. The Kier molecular flexibility index (Phi) is 4.45. The third-order valence-electron chi connectivity index (χ3n) is 3.92. The topological polar surface area (TPSA) is 80.9 Å². The summed E-state index contributed by atoms with van der Waals surface area (Å²) in [6.07, 6.45) is 0.640. The molecule has 0 saturated carbocycles. The van der Waals surface area contributed by atoms with E-state index in [1.54, 1.807) is 0 Å². The summed E-state index contributed by atoms with van der Waals surface area (Å²) in [5.74, 6) is 0.781. The van der Waals surface area contributed by atoms with E-state index < -0.39 is 0 Å². The van der Waals surface area contributed by atoms with Gasteiger partial charge in [0.25, 0.3) is 0 Å². The van der Waals surface area contributed by atoms with Gasteiger partial charge in [-0.1, -0.05) is 41.7 Å². The van der Waals surface area contributed by atoms with Gasteiger partial charge in [0.1, 0.15) is 0 Å². The van der Waals surface area contributed by atoms with Gasteiger partial charge in [-0.2, -0.15) is 0 Å². The minimum atomic E-state index is -0.124. The second kappa shape index (κ2) is 7.05. The van der Waals surface area contributed by atoms with Gasteiger partial charge in [-0.3, -0.25) is 4.79 Å². The number of carbonyl (C=O) groups excluding carboxylic acids is 1. The summed E-state index contributed by atoms with van der Waals surface area (Å²) in [5, 5.41) is 11.5. The highest BCUT2D eigenvalue weighted by atomic mass is 32.1. The van der Waals surface area contributed by atoms with Crippen LogP contribution in [0.1, 0.15) is 17.9 Å². The number of thiazole rings is 1. The van der Waals surface area contributed by atoms with Gasteiger partial charge in [-0.25, -0.2) is 4.98 Å². The molecule has 0 spiro atoms. The molecule has 7 heteroatoms. The molecule has 2 aromatic carbocycles. The molecule has 1 N–H and O–H groups in total. The van der Waals surface area contributed by atoms with Crippen LogP contribution in [0.3, 0.4) is 0 Å². The Labute approximate surface area is 153 Å². The largest absolute Gasteiger partial charge is 0.421 e. The van der Waals surface area contributed by atoms with Crippen LogP contribution in [0.4, 0.5) is 5.13 Å². The predicted octanol–water partition coefficient (Wildman–Crippen LogP) is 4.23. The van der Waals surface area contributed by atoms with Crippen molar-refractivity contribution in [3.63, 3.8) is 0 Å². The van der Waals surface area contributed by atoms with Crippen molar-refractivity contribution in [2.75, 3.05) is 5.32 Å². The average molecular weight is 364 g/mol. The number of benzene rings is 2. The minimum Gasteiger partial charge on any atom is -0.421 e.